The third-order valence-electron chi connectivity index (χ3n) is 4.27. The molecule has 1 saturated heterocycles. The zero-order valence-electron chi connectivity index (χ0n) is 17.7. The number of rotatable bonds is 6. The van der Waals surface area contributed by atoms with E-state index in [0.29, 0.717) is 31.6 Å². The molecule has 0 aromatic heterocycles. The standard InChI is InChI=1S/C19H27N7O4S/c1-19(2,3)30-18(27)26-9-7-13(8-10-26)25-31(28,29)15-6-4-5-14(11-15)23-24-16(12-20)17(21)22/h4-6,11,13,23,25H,7-10H2,1-3H3,(H3,21,22)/b24-16+. The molecule has 2 rings (SSSR count). The van der Waals surface area contributed by atoms with Crippen LogP contribution in [0.3, 0.4) is 0 Å². The number of hydrazone groups is 1. The second-order valence-corrected chi connectivity index (χ2v) is 9.70. The molecule has 31 heavy (non-hydrogen) atoms. The number of nitrogens with zero attached hydrogens (tertiary/aromatic N) is 3. The van der Waals surface area contributed by atoms with Crippen molar-refractivity contribution in [1.82, 2.24) is 9.62 Å². The normalized spacial score (nSPS) is 15.8. The lowest BCUT2D eigenvalue weighted by Crippen LogP contribution is -2.47. The minimum absolute atomic E-state index is 0.0172. The lowest BCUT2D eigenvalue weighted by Gasteiger charge is -2.33. The first-order valence-electron chi connectivity index (χ1n) is 9.60. The summed E-state index contributed by atoms with van der Waals surface area (Å²) in [7, 11) is -3.81. The van der Waals surface area contributed by atoms with Gasteiger partial charge in [-0.05, 0) is 51.8 Å². The summed E-state index contributed by atoms with van der Waals surface area (Å²) in [5.41, 5.74) is 7.16. The van der Waals surface area contributed by atoms with E-state index in [-0.39, 0.29) is 16.6 Å². The molecule has 0 bridgehead atoms. The Hall–Kier alpha value is -3.17. The van der Waals surface area contributed by atoms with Gasteiger partial charge >= 0.3 is 6.09 Å². The zero-order chi connectivity index (χ0) is 23.2. The van der Waals surface area contributed by atoms with Crippen LogP contribution < -0.4 is 15.9 Å². The molecule has 5 N–H and O–H groups in total. The number of likely N-dealkylation sites (tertiary alicyclic amines) is 1. The summed E-state index contributed by atoms with van der Waals surface area (Å²) in [6.07, 6.45) is 0.519. The van der Waals surface area contributed by atoms with Crippen molar-refractivity contribution in [2.45, 2.75) is 50.2 Å². The molecule has 0 atom stereocenters. The van der Waals surface area contributed by atoms with E-state index in [9.17, 15) is 13.2 Å². The molecule has 1 fully saturated rings. The van der Waals surface area contributed by atoms with Crippen LogP contribution in [0.15, 0.2) is 34.3 Å². The molecule has 1 amide bonds. The van der Waals surface area contributed by atoms with Gasteiger partial charge in [-0.1, -0.05) is 6.07 Å². The van der Waals surface area contributed by atoms with Crippen LogP contribution in [0.2, 0.25) is 0 Å². The zero-order valence-corrected chi connectivity index (χ0v) is 18.5. The molecule has 11 nitrogen and oxygen atoms in total. The minimum Gasteiger partial charge on any atom is -0.444 e. The van der Waals surface area contributed by atoms with E-state index < -0.39 is 27.6 Å². The van der Waals surface area contributed by atoms with E-state index in [1.54, 1.807) is 37.8 Å². The van der Waals surface area contributed by atoms with Gasteiger partial charge in [0.15, 0.2) is 5.84 Å². The maximum Gasteiger partial charge on any atom is 0.410 e. The average Bonchev–Trinajstić information content (AvgIpc) is 2.67. The van der Waals surface area contributed by atoms with E-state index in [1.165, 1.54) is 18.2 Å². The Labute approximate surface area is 181 Å². The Kier molecular flexibility index (Phi) is 7.59. The van der Waals surface area contributed by atoms with Crippen LogP contribution in [0, 0.1) is 16.7 Å². The molecule has 12 heteroatoms. The number of nitrogens with two attached hydrogens (primary N) is 1. The van der Waals surface area contributed by atoms with Gasteiger partial charge in [-0.3, -0.25) is 10.8 Å². The Morgan fingerprint density at radius 2 is 2.00 bits per heavy atom. The van der Waals surface area contributed by atoms with Crippen LogP contribution in [0.5, 0.6) is 0 Å². The molecule has 1 aliphatic heterocycles. The Balaban J connectivity index is 2.00. The average molecular weight is 450 g/mol. The molecule has 0 radical (unpaired) electrons. The smallest absolute Gasteiger partial charge is 0.410 e. The topological polar surface area (TPSA) is 174 Å². The number of ether oxygens (including phenoxy) is 1. The summed E-state index contributed by atoms with van der Waals surface area (Å²) in [4.78, 5) is 13.7. The molecular weight excluding hydrogens is 422 g/mol. The number of amides is 1. The van der Waals surface area contributed by atoms with Gasteiger partial charge in [0.05, 0.1) is 10.6 Å². The first-order valence-corrected chi connectivity index (χ1v) is 11.1. The highest BCUT2D eigenvalue weighted by atomic mass is 32.2. The number of hydrogen-bond acceptors (Lipinski definition) is 8. The van der Waals surface area contributed by atoms with Crippen molar-refractivity contribution < 1.29 is 17.9 Å². The third-order valence-corrected chi connectivity index (χ3v) is 5.79. The fourth-order valence-corrected chi connectivity index (χ4v) is 4.14. The van der Waals surface area contributed by atoms with Gasteiger partial charge in [0.25, 0.3) is 0 Å². The van der Waals surface area contributed by atoms with Crippen molar-refractivity contribution in [2.75, 3.05) is 18.5 Å². The number of carbonyl (C=O) groups is 1. The quantitative estimate of drug-likeness (QED) is 0.290. The second kappa shape index (κ2) is 9.76. The van der Waals surface area contributed by atoms with Gasteiger partial charge in [-0.2, -0.15) is 10.4 Å². The van der Waals surface area contributed by atoms with E-state index in [0.717, 1.165) is 0 Å². The maximum atomic E-state index is 12.8. The van der Waals surface area contributed by atoms with Gasteiger partial charge in [0.2, 0.25) is 15.7 Å². The van der Waals surface area contributed by atoms with Crippen molar-refractivity contribution >= 4 is 33.4 Å². The molecule has 1 aliphatic rings. The summed E-state index contributed by atoms with van der Waals surface area (Å²) >= 11 is 0. The van der Waals surface area contributed by atoms with Crippen LogP contribution in [-0.4, -0.2) is 55.7 Å². The number of anilines is 1. The van der Waals surface area contributed by atoms with E-state index in [1.807, 2.05) is 0 Å². The van der Waals surface area contributed by atoms with Crippen LogP contribution >= 0.6 is 0 Å². The van der Waals surface area contributed by atoms with Crippen molar-refractivity contribution in [3.05, 3.63) is 24.3 Å². The van der Waals surface area contributed by atoms with Crippen LogP contribution in [0.4, 0.5) is 10.5 Å². The second-order valence-electron chi connectivity index (χ2n) is 7.99. The maximum absolute atomic E-state index is 12.8. The highest BCUT2D eigenvalue weighted by Crippen LogP contribution is 2.19. The predicted octanol–water partition coefficient (Wildman–Crippen LogP) is 1.59. The van der Waals surface area contributed by atoms with Crippen molar-refractivity contribution in [3.8, 4) is 6.07 Å². The van der Waals surface area contributed by atoms with Crippen LogP contribution in [0.25, 0.3) is 0 Å². The summed E-state index contributed by atoms with van der Waals surface area (Å²) in [6, 6.07) is 7.23. The van der Waals surface area contributed by atoms with Gasteiger partial charge in [0, 0.05) is 19.1 Å². The molecule has 0 spiro atoms. The van der Waals surface area contributed by atoms with Gasteiger partial charge in [0.1, 0.15) is 11.7 Å². The number of piperidine rings is 1. The van der Waals surface area contributed by atoms with E-state index in [4.69, 9.17) is 21.1 Å². The number of carbonyl (C=O) groups excluding carboxylic acids is 1. The lowest BCUT2D eigenvalue weighted by atomic mass is 10.1. The van der Waals surface area contributed by atoms with E-state index >= 15 is 0 Å². The molecule has 0 aliphatic carbocycles. The Bertz CT molecular complexity index is 1000. The first kappa shape index (κ1) is 24.1. The summed E-state index contributed by atoms with van der Waals surface area (Å²) in [5, 5.41) is 19.8. The van der Waals surface area contributed by atoms with Crippen molar-refractivity contribution in [2.24, 2.45) is 10.8 Å². The summed E-state index contributed by atoms with van der Waals surface area (Å²) in [6.45, 7) is 6.16. The molecular formula is C19H27N7O4S. The van der Waals surface area contributed by atoms with Crippen LogP contribution in [-0.2, 0) is 14.8 Å². The third kappa shape index (κ3) is 7.23. The highest BCUT2D eigenvalue weighted by Gasteiger charge is 2.29. The highest BCUT2D eigenvalue weighted by molar-refractivity contribution is 7.89. The number of sulfonamides is 1. The lowest BCUT2D eigenvalue weighted by molar-refractivity contribution is 0.0203. The molecule has 1 aromatic rings. The number of nitrogens with one attached hydrogen (secondary N) is 3. The number of amidine groups is 1. The van der Waals surface area contributed by atoms with Crippen molar-refractivity contribution in [3.63, 3.8) is 0 Å². The predicted molar refractivity (Wildman–Crippen MR) is 116 cm³/mol. The first-order chi connectivity index (χ1) is 14.4. The van der Waals surface area contributed by atoms with Gasteiger partial charge in [-0.25, -0.2) is 17.9 Å². The summed E-state index contributed by atoms with van der Waals surface area (Å²) < 4.78 is 33.6. The number of benzene rings is 1. The Morgan fingerprint density at radius 1 is 1.35 bits per heavy atom. The number of hydrogen-bond donors (Lipinski definition) is 4. The Morgan fingerprint density at radius 3 is 2.55 bits per heavy atom. The fourth-order valence-electron chi connectivity index (χ4n) is 2.79. The van der Waals surface area contributed by atoms with Crippen molar-refractivity contribution in [1.29, 1.82) is 10.7 Å². The SMILES string of the molecule is CC(C)(C)OC(=O)N1CCC(NS(=O)(=O)c2cccc(N/N=C(\C#N)C(=N)N)c2)CC1. The molecule has 168 valence electrons. The van der Waals surface area contributed by atoms with Gasteiger partial charge < -0.3 is 15.4 Å². The molecule has 1 aromatic carbocycles. The monoisotopic (exact) mass is 449 g/mol. The molecule has 0 saturated carbocycles. The van der Waals surface area contributed by atoms with Gasteiger partial charge in [-0.15, -0.1) is 0 Å². The fraction of sp³-hybridized carbons (Fsp3) is 0.474. The molecule has 0 unspecified atom stereocenters. The summed E-state index contributed by atoms with van der Waals surface area (Å²) in [5.74, 6) is -0.502. The number of nitriles is 1. The van der Waals surface area contributed by atoms with E-state index in [2.05, 4.69) is 15.2 Å². The minimum atomic E-state index is -3.81. The van der Waals surface area contributed by atoms with Crippen LogP contribution in [0.1, 0.15) is 33.6 Å². The largest absolute Gasteiger partial charge is 0.444 e. The molecule has 1 heterocycles.